The summed E-state index contributed by atoms with van der Waals surface area (Å²) in [7, 11) is 0. The van der Waals surface area contributed by atoms with Gasteiger partial charge in [0.25, 0.3) is 0 Å². The third-order valence-electron chi connectivity index (χ3n) is 4.21. The van der Waals surface area contributed by atoms with Gasteiger partial charge in [0.05, 0.1) is 10.2 Å². The van der Waals surface area contributed by atoms with Gasteiger partial charge >= 0.3 is 0 Å². The van der Waals surface area contributed by atoms with Crippen molar-refractivity contribution in [3.63, 3.8) is 0 Å². The van der Waals surface area contributed by atoms with Gasteiger partial charge in [0.2, 0.25) is 13.6 Å². The maximum Gasteiger partial charge on any atom is 0.231 e. The fraction of sp³-hybridized carbons (Fsp3) is 0.333. The molecule has 14 heteroatoms. The van der Waals surface area contributed by atoms with Crippen LogP contribution in [0.2, 0.25) is 0 Å². The maximum atomic E-state index is 8.25. The molecule has 0 unspecified atom stereocenters. The lowest BCUT2D eigenvalue weighted by Gasteiger charge is -2.04. The molecule has 4 N–H and O–H groups in total. The Labute approximate surface area is 181 Å². The van der Waals surface area contributed by atoms with Crippen molar-refractivity contribution < 1.29 is 39.8 Å². The van der Waals surface area contributed by atoms with E-state index in [1.807, 2.05) is 12.1 Å². The summed E-state index contributed by atoms with van der Waals surface area (Å²) in [6, 6.07) is 12.3. The van der Waals surface area contributed by atoms with Crippen molar-refractivity contribution in [1.82, 2.24) is 0 Å². The second-order valence-corrected chi connectivity index (χ2v) is 6.39. The summed E-state index contributed by atoms with van der Waals surface area (Å²) < 4.78 is 21.5. The van der Waals surface area contributed by atoms with Gasteiger partial charge in [-0.3, -0.25) is 0 Å². The molecule has 0 bridgehead atoms. The van der Waals surface area contributed by atoms with Crippen molar-refractivity contribution in [2.24, 2.45) is 0 Å². The van der Waals surface area contributed by atoms with Gasteiger partial charge in [-0.15, -0.1) is 0 Å². The zero-order chi connectivity index (χ0) is 23.3. The molecule has 32 heavy (non-hydrogen) atoms. The van der Waals surface area contributed by atoms with Crippen molar-refractivity contribution >= 4 is 0 Å². The van der Waals surface area contributed by atoms with Gasteiger partial charge < -0.3 is 60.2 Å². The predicted molar refractivity (Wildman–Crippen MR) is 107 cm³/mol. The van der Waals surface area contributed by atoms with E-state index in [2.05, 4.69) is 34.9 Å². The summed E-state index contributed by atoms with van der Waals surface area (Å²) in [6.45, 7) is 4.70. The van der Waals surface area contributed by atoms with Crippen molar-refractivity contribution in [2.45, 2.75) is 13.1 Å². The average molecular weight is 454 g/mol. The Morgan fingerprint density at radius 2 is 1.00 bits per heavy atom. The maximum absolute atomic E-state index is 8.25. The molecule has 2 heterocycles. The fourth-order valence-electron chi connectivity index (χ4n) is 2.91. The van der Waals surface area contributed by atoms with Gasteiger partial charge in [-0.2, -0.15) is 0 Å². The van der Waals surface area contributed by atoms with Crippen LogP contribution in [0.3, 0.4) is 0 Å². The van der Waals surface area contributed by atoms with Crippen molar-refractivity contribution in [2.75, 3.05) is 26.7 Å². The number of rotatable bonds is 7. The quantitative estimate of drug-likeness (QED) is 0.311. The summed E-state index contributed by atoms with van der Waals surface area (Å²) in [5.74, 6) is 3.40. The molecule has 0 radical (unpaired) electrons. The highest BCUT2D eigenvalue weighted by atomic mass is 16.9. The van der Waals surface area contributed by atoms with Crippen LogP contribution in [0.15, 0.2) is 36.4 Å². The number of hydrogen-bond acceptors (Lipinski definition) is 10. The summed E-state index contributed by atoms with van der Waals surface area (Å²) in [5, 5.41) is 34.1. The normalized spacial score (nSPS) is 12.1. The van der Waals surface area contributed by atoms with Crippen LogP contribution < -0.4 is 29.6 Å². The van der Waals surface area contributed by atoms with Gasteiger partial charge in [-0.05, 0) is 36.4 Å². The Bertz CT molecular complexity index is 830. The highest BCUT2D eigenvalue weighted by Crippen LogP contribution is 2.32. The number of ether oxygens (including phenoxy) is 4. The van der Waals surface area contributed by atoms with E-state index in [1.54, 1.807) is 0 Å². The lowest BCUT2D eigenvalue weighted by atomic mass is 10.2. The number of nitrogens with zero attached hydrogens (tertiary/aromatic N) is 2. The molecule has 2 aliphatic rings. The zero-order valence-electron chi connectivity index (χ0n) is 16.8. The largest absolute Gasteiger partial charge is 0.454 e. The Kier molecular flexibility index (Phi) is 9.55. The lowest BCUT2D eigenvalue weighted by Crippen LogP contribution is -2.93. The molecule has 0 saturated heterocycles. The predicted octanol–water partition coefficient (Wildman–Crippen LogP) is -0.507. The minimum Gasteiger partial charge on any atom is -0.454 e. The first-order chi connectivity index (χ1) is 15.3. The molecule has 0 atom stereocenters. The van der Waals surface area contributed by atoms with E-state index in [0.717, 1.165) is 49.2 Å². The summed E-state index contributed by atoms with van der Waals surface area (Å²) in [5.41, 5.74) is 2.52. The molecule has 0 saturated carbocycles. The second kappa shape index (κ2) is 12.6. The number of benzene rings is 2. The molecular weight excluding hydrogens is 432 g/mol. The molecular formula is C18H22N4O10. The minimum atomic E-state index is -1.75. The van der Waals surface area contributed by atoms with Crippen LogP contribution >= 0.6 is 0 Å². The van der Waals surface area contributed by atoms with Gasteiger partial charge in [-0.1, -0.05) is 0 Å². The first-order valence-electron chi connectivity index (χ1n) is 9.38. The van der Waals surface area contributed by atoms with Crippen LogP contribution in [0.4, 0.5) is 0 Å². The van der Waals surface area contributed by atoms with Gasteiger partial charge in [0.15, 0.2) is 23.0 Å². The first-order valence-corrected chi connectivity index (χ1v) is 9.38. The number of nitrogens with two attached hydrogens (primary N) is 2. The molecule has 2 aromatic carbocycles. The molecule has 2 aromatic rings. The van der Waals surface area contributed by atoms with Crippen molar-refractivity contribution in [3.8, 4) is 23.0 Å². The van der Waals surface area contributed by atoms with Crippen LogP contribution in [0.5, 0.6) is 23.0 Å². The third-order valence-corrected chi connectivity index (χ3v) is 4.21. The van der Waals surface area contributed by atoms with E-state index < -0.39 is 10.2 Å². The van der Waals surface area contributed by atoms with Crippen LogP contribution in [0, 0.1) is 30.6 Å². The number of quaternary nitrogens is 2. The highest BCUT2D eigenvalue weighted by Gasteiger charge is 2.14. The number of hydrogen-bond donors (Lipinski definition) is 2. The molecule has 0 aromatic heterocycles. The topological polar surface area (TPSA) is 203 Å². The van der Waals surface area contributed by atoms with Crippen LogP contribution in [0.1, 0.15) is 11.1 Å². The zero-order valence-corrected chi connectivity index (χ0v) is 16.8. The molecule has 0 aliphatic carbocycles. The van der Waals surface area contributed by atoms with E-state index in [-0.39, 0.29) is 0 Å². The first kappa shape index (κ1) is 24.2. The molecule has 0 spiro atoms. The van der Waals surface area contributed by atoms with Crippen molar-refractivity contribution in [3.05, 3.63) is 78.2 Å². The summed E-state index contributed by atoms with van der Waals surface area (Å²) in [6.07, 6.45) is 0. The SMILES string of the molecule is O=[N+]([O-])[O-].O=[N+]([O-])[O-].c1cc2c(cc1C[NH2+]CC[NH2+]Cc1ccc3c(c1)OCO3)OCO2. The molecule has 0 fully saturated rings. The second-order valence-electron chi connectivity index (χ2n) is 6.39. The monoisotopic (exact) mass is 454 g/mol. The average Bonchev–Trinajstić information content (AvgIpc) is 3.38. The van der Waals surface area contributed by atoms with Crippen LogP contribution in [-0.4, -0.2) is 36.8 Å². The van der Waals surface area contributed by atoms with Crippen LogP contribution in [0.25, 0.3) is 0 Å². The smallest absolute Gasteiger partial charge is 0.231 e. The van der Waals surface area contributed by atoms with Crippen molar-refractivity contribution in [1.29, 1.82) is 0 Å². The van der Waals surface area contributed by atoms with E-state index in [9.17, 15) is 0 Å². The fourth-order valence-corrected chi connectivity index (χ4v) is 2.91. The standard InChI is InChI=1S/C18H20N2O4.2NO3/c1-3-15-17(23-11-21-15)7-13(1)9-19-5-6-20-10-14-2-4-16-18(8-14)24-12-22-16;2*2-1(3)4/h1-4,7-8,19-20H,5-6,9-12H2;;/q;2*-1/p+2. The molecule has 0 amide bonds. The summed E-state index contributed by atoms with van der Waals surface area (Å²) in [4.78, 5) is 16.5. The van der Waals surface area contributed by atoms with E-state index in [4.69, 9.17) is 49.6 Å². The van der Waals surface area contributed by atoms with E-state index >= 15 is 0 Å². The van der Waals surface area contributed by atoms with E-state index in [1.165, 1.54) is 11.1 Å². The molecule has 2 aliphatic heterocycles. The Hall–Kier alpha value is -4.04. The Morgan fingerprint density at radius 1 is 0.656 bits per heavy atom. The third kappa shape index (κ3) is 8.76. The van der Waals surface area contributed by atoms with Gasteiger partial charge in [0, 0.05) is 11.1 Å². The summed E-state index contributed by atoms with van der Waals surface area (Å²) >= 11 is 0. The Morgan fingerprint density at radius 3 is 1.38 bits per heavy atom. The van der Waals surface area contributed by atoms with Gasteiger partial charge in [0.1, 0.15) is 26.2 Å². The molecule has 4 rings (SSSR count). The molecule has 14 nitrogen and oxygen atoms in total. The van der Waals surface area contributed by atoms with E-state index in [0.29, 0.717) is 13.6 Å². The number of fused-ring (bicyclic) bond motifs is 2. The van der Waals surface area contributed by atoms with Crippen LogP contribution in [-0.2, 0) is 13.1 Å². The molecule has 174 valence electrons. The minimum absolute atomic E-state index is 0.331. The Balaban J connectivity index is 0.000000395. The highest BCUT2D eigenvalue weighted by molar-refractivity contribution is 5.44. The van der Waals surface area contributed by atoms with Gasteiger partial charge in [-0.25, -0.2) is 0 Å². The lowest BCUT2D eigenvalue weighted by molar-refractivity contribution is -0.738.